The molecule has 3 saturated carbocycles. The third kappa shape index (κ3) is 6.07. The molecule has 1 amide bonds. The van der Waals surface area contributed by atoms with E-state index in [2.05, 4.69) is 32.7 Å². The number of ether oxygens (including phenoxy) is 1. The molecular weight excluding hydrogens is 625 g/mol. The fourth-order valence-corrected chi connectivity index (χ4v) is 9.60. The van der Waals surface area contributed by atoms with Crippen LogP contribution < -0.4 is 10.8 Å². The van der Waals surface area contributed by atoms with E-state index in [0.717, 1.165) is 24.2 Å². The summed E-state index contributed by atoms with van der Waals surface area (Å²) in [6, 6.07) is 11.3. The van der Waals surface area contributed by atoms with Crippen LogP contribution in [0, 0.1) is 34.0 Å². The van der Waals surface area contributed by atoms with Gasteiger partial charge in [-0.2, -0.15) is 0 Å². The first kappa shape index (κ1) is 34.7. The predicted molar refractivity (Wildman–Crippen MR) is 181 cm³/mol. The van der Waals surface area contributed by atoms with E-state index in [1.54, 1.807) is 24.3 Å². The van der Waals surface area contributed by atoms with Crippen LogP contribution in [0.3, 0.4) is 0 Å². The smallest absolute Gasteiger partial charge is 0.461 e. The number of halogens is 1. The lowest BCUT2D eigenvalue weighted by molar-refractivity contribution is -0.205. The maximum absolute atomic E-state index is 13.6. The Bertz CT molecular complexity index is 1540. The maximum atomic E-state index is 13.6. The quantitative estimate of drug-likeness (QED) is 0.130. The molecule has 4 N–H and O–H groups in total. The molecule has 246 valence electrons. The van der Waals surface area contributed by atoms with Crippen molar-refractivity contribution in [3.63, 3.8) is 0 Å². The van der Waals surface area contributed by atoms with E-state index >= 15 is 0 Å². The highest BCUT2D eigenvalue weighted by atomic mass is 35.5. The largest absolute Gasteiger partial charge is 0.489 e. The minimum atomic E-state index is -1.74. The molecule has 0 radical (unpaired) electrons. The number of carbonyl (C=O) groups excluding carboxylic acids is 3. The number of aliphatic hydroxyl groups is 1. The van der Waals surface area contributed by atoms with Crippen LogP contribution in [0.25, 0.3) is 0 Å². The van der Waals surface area contributed by atoms with E-state index in [-0.39, 0.29) is 50.8 Å². The summed E-state index contributed by atoms with van der Waals surface area (Å²) in [7, 11) is -1.74. The highest BCUT2D eigenvalue weighted by Crippen LogP contribution is 2.68. The van der Waals surface area contributed by atoms with E-state index in [1.807, 2.05) is 13.0 Å². The lowest BCUT2D eigenvalue weighted by Gasteiger charge is -2.61. The van der Waals surface area contributed by atoms with E-state index < -0.39 is 42.0 Å². The molecule has 0 unspecified atom stereocenters. The Morgan fingerprint density at radius 3 is 2.59 bits per heavy atom. The third-order valence-electron chi connectivity index (χ3n) is 11.6. The van der Waals surface area contributed by atoms with Gasteiger partial charge in [0, 0.05) is 49.8 Å². The molecule has 2 bridgehead atoms. The van der Waals surface area contributed by atoms with Crippen molar-refractivity contribution in [2.45, 2.75) is 76.9 Å². The van der Waals surface area contributed by atoms with Gasteiger partial charge in [-0.25, -0.2) is 0 Å². The highest BCUT2D eigenvalue weighted by molar-refractivity contribution is 8.00. The Morgan fingerprint density at radius 2 is 1.91 bits per heavy atom. The molecule has 8 atom stereocenters. The van der Waals surface area contributed by atoms with Crippen LogP contribution in [-0.2, 0) is 14.3 Å². The summed E-state index contributed by atoms with van der Waals surface area (Å²) in [5.74, 6) is -0.831. The molecule has 0 spiro atoms. The second-order valence-corrected chi connectivity index (χ2v) is 15.4. The minimum absolute atomic E-state index is 0.0203. The van der Waals surface area contributed by atoms with Crippen LogP contribution in [0.4, 0.5) is 5.69 Å². The molecule has 0 heterocycles. The Balaban J connectivity index is 1.32. The number of hydrogen-bond acceptors (Lipinski definition) is 8. The van der Waals surface area contributed by atoms with Gasteiger partial charge in [0.2, 0.25) is 0 Å². The lowest BCUT2D eigenvalue weighted by Crippen LogP contribution is -2.63. The van der Waals surface area contributed by atoms with Gasteiger partial charge in [0.1, 0.15) is 11.9 Å². The molecule has 3 fully saturated rings. The molecule has 2 aromatic carbocycles. The summed E-state index contributed by atoms with van der Waals surface area (Å²) in [6.45, 7) is 12.4. The van der Waals surface area contributed by atoms with Crippen molar-refractivity contribution >= 4 is 59.3 Å². The number of amides is 1. The summed E-state index contributed by atoms with van der Waals surface area (Å²) >= 11 is 7.37. The maximum Gasteiger partial charge on any atom is 0.489 e. The average Bonchev–Trinajstić information content (AvgIpc) is 3.38. The van der Waals surface area contributed by atoms with Crippen molar-refractivity contribution in [3.8, 4) is 0 Å². The van der Waals surface area contributed by atoms with Crippen molar-refractivity contribution in [2.24, 2.45) is 34.0 Å². The molecule has 5 rings (SSSR count). The fourth-order valence-electron chi connectivity index (χ4n) is 8.58. The number of rotatable bonds is 8. The number of hydrogen-bond donors (Lipinski definition) is 4. The number of anilines is 1. The predicted octanol–water partition coefficient (Wildman–Crippen LogP) is 5.27. The number of aliphatic hydroxyl groups excluding tert-OH is 1. The van der Waals surface area contributed by atoms with Gasteiger partial charge < -0.3 is 25.2 Å². The van der Waals surface area contributed by atoms with Crippen LogP contribution in [-0.4, -0.2) is 57.9 Å². The van der Waals surface area contributed by atoms with Gasteiger partial charge in [-0.3, -0.25) is 14.4 Å². The van der Waals surface area contributed by atoms with Crippen molar-refractivity contribution < 1.29 is 34.3 Å². The third-order valence-corrected chi connectivity index (χ3v) is 12.9. The Kier molecular flexibility index (Phi) is 9.89. The van der Waals surface area contributed by atoms with Gasteiger partial charge in [0.15, 0.2) is 0 Å². The van der Waals surface area contributed by atoms with E-state index in [9.17, 15) is 29.5 Å². The molecular formula is C35H43BClNO7S. The van der Waals surface area contributed by atoms with Crippen molar-refractivity contribution in [1.82, 2.24) is 0 Å². The van der Waals surface area contributed by atoms with E-state index in [0.29, 0.717) is 18.5 Å². The van der Waals surface area contributed by atoms with Gasteiger partial charge in [-0.05, 0) is 73.3 Å². The molecule has 46 heavy (non-hydrogen) atoms. The van der Waals surface area contributed by atoms with Gasteiger partial charge in [0.25, 0.3) is 5.91 Å². The number of nitrogens with one attached hydrogen (secondary N) is 1. The van der Waals surface area contributed by atoms with E-state index in [4.69, 9.17) is 16.3 Å². The number of esters is 1. The van der Waals surface area contributed by atoms with E-state index in [1.165, 1.54) is 30.0 Å². The Morgan fingerprint density at radius 1 is 1.17 bits per heavy atom. The Labute approximate surface area is 280 Å². The zero-order valence-corrected chi connectivity index (χ0v) is 28.4. The molecule has 3 aliphatic rings. The number of Topliss-reactive ketones (excluding diaryl/α,β-unsaturated/α-hetero) is 1. The number of ketones is 1. The first-order chi connectivity index (χ1) is 21.7. The monoisotopic (exact) mass is 667 g/mol. The summed E-state index contributed by atoms with van der Waals surface area (Å²) in [5, 5.41) is 33.3. The van der Waals surface area contributed by atoms with Gasteiger partial charge >= 0.3 is 13.1 Å². The van der Waals surface area contributed by atoms with Crippen LogP contribution in [0.1, 0.15) is 70.2 Å². The summed E-state index contributed by atoms with van der Waals surface area (Å²) in [5.41, 5.74) is -0.754. The minimum Gasteiger partial charge on any atom is -0.461 e. The zero-order valence-electron chi connectivity index (χ0n) is 26.8. The SMILES string of the molecule is C=C[C@]1(C)C[C@@H](OC(=O)CSc2cccc(NC(=O)c3ccc(B(O)O)c(Cl)c3)c2)[C@]2(C)[C@H](C)CC[C@]3(CCC(=O)[C@H]32)[C@@H](C)[C@@H]1O. The normalized spacial score (nSPS) is 33.7. The average molecular weight is 668 g/mol. The standard InChI is InChI=1S/C35H43BClNO7S/c1-6-33(4)18-28(34(5)20(2)12-14-35(21(3)31(33)41)15-13-27(39)30(34)35)45-29(40)19-46-24-9-7-8-23(17-24)38-32(42)22-10-11-25(36(43)44)26(37)16-22/h6-11,16-17,20-21,28,30-31,41,43-44H,1,12-15,18-19H2,2-5H3,(H,38,42)/t20-,21+,28-,30+,31+,33-,34+,35+/m1/s1. The second-order valence-electron chi connectivity index (χ2n) is 13.9. The molecule has 0 saturated heterocycles. The number of benzene rings is 2. The molecule has 2 aromatic rings. The first-order valence-corrected chi connectivity index (χ1v) is 17.3. The number of carbonyl (C=O) groups is 3. The fraction of sp³-hybridized carbons (Fsp3) is 0.514. The molecule has 0 aliphatic heterocycles. The summed E-state index contributed by atoms with van der Waals surface area (Å²) < 4.78 is 6.34. The van der Waals surface area contributed by atoms with Gasteiger partial charge in [-0.15, -0.1) is 18.3 Å². The summed E-state index contributed by atoms with van der Waals surface area (Å²) in [4.78, 5) is 40.7. The number of thioether (sulfide) groups is 1. The van der Waals surface area contributed by atoms with Crippen LogP contribution >= 0.6 is 23.4 Å². The van der Waals surface area contributed by atoms with Gasteiger partial charge in [0.05, 0.1) is 11.9 Å². The zero-order chi connectivity index (χ0) is 33.6. The van der Waals surface area contributed by atoms with Crippen molar-refractivity contribution in [1.29, 1.82) is 0 Å². The lowest BCUT2D eigenvalue weighted by atomic mass is 9.44. The van der Waals surface area contributed by atoms with Crippen LogP contribution in [0.15, 0.2) is 60.0 Å². The van der Waals surface area contributed by atoms with Crippen LogP contribution in [0.5, 0.6) is 0 Å². The molecule has 0 aromatic heterocycles. The van der Waals surface area contributed by atoms with Crippen LogP contribution in [0.2, 0.25) is 5.02 Å². The molecule has 11 heteroatoms. The van der Waals surface area contributed by atoms with Crippen molar-refractivity contribution in [2.75, 3.05) is 11.1 Å². The first-order valence-electron chi connectivity index (χ1n) is 15.9. The molecule has 3 aliphatic carbocycles. The summed E-state index contributed by atoms with van der Waals surface area (Å²) in [6.07, 6.45) is 3.88. The second kappa shape index (κ2) is 13.1. The Hall–Kier alpha value is -2.63. The molecule has 8 nitrogen and oxygen atoms in total. The van der Waals surface area contributed by atoms with Gasteiger partial charge in [-0.1, -0.05) is 57.5 Å². The highest BCUT2D eigenvalue weighted by Gasteiger charge is 2.68. The van der Waals surface area contributed by atoms with Crippen molar-refractivity contribution in [3.05, 3.63) is 65.7 Å². The topological polar surface area (TPSA) is 133 Å².